The first-order valence-electron chi connectivity index (χ1n) is 8.48. The number of nitrogens with one attached hydrogen (secondary N) is 2. The van der Waals surface area contributed by atoms with Gasteiger partial charge in [0, 0.05) is 25.2 Å². The first-order valence-corrected chi connectivity index (χ1v) is 8.48. The molecule has 6 heteroatoms. The lowest BCUT2D eigenvalue weighted by Gasteiger charge is -2.26. The standard InChI is InChI=1S/C18H27N3O3/c1-14-4-5-16(12-15(14)2)18(23)20-13-17(22)19-6-3-7-21-8-10-24-11-9-21/h4-5,12H,3,6-11,13H2,1-2H3,(H,19,22)(H,20,23). The number of hydrogen-bond acceptors (Lipinski definition) is 4. The number of rotatable bonds is 7. The third kappa shape index (κ3) is 5.94. The Balaban J connectivity index is 1.61. The van der Waals surface area contributed by atoms with Gasteiger partial charge in [0.2, 0.25) is 5.91 Å². The topological polar surface area (TPSA) is 70.7 Å². The fraction of sp³-hybridized carbons (Fsp3) is 0.556. The maximum Gasteiger partial charge on any atom is 0.251 e. The molecule has 0 spiro atoms. The summed E-state index contributed by atoms with van der Waals surface area (Å²) < 4.78 is 5.30. The molecule has 1 heterocycles. The number of hydrogen-bond donors (Lipinski definition) is 2. The SMILES string of the molecule is Cc1ccc(C(=O)NCC(=O)NCCCN2CCOCC2)cc1C. The minimum absolute atomic E-state index is 0.00329. The largest absolute Gasteiger partial charge is 0.379 e. The summed E-state index contributed by atoms with van der Waals surface area (Å²) in [5, 5.41) is 5.50. The molecule has 0 unspecified atom stereocenters. The number of carbonyl (C=O) groups excluding carboxylic acids is 2. The molecule has 0 radical (unpaired) electrons. The molecule has 2 N–H and O–H groups in total. The molecule has 0 saturated carbocycles. The van der Waals surface area contributed by atoms with Crippen molar-refractivity contribution in [3.63, 3.8) is 0 Å². The summed E-state index contributed by atoms with van der Waals surface area (Å²) in [5.41, 5.74) is 2.79. The molecule has 0 bridgehead atoms. The number of benzene rings is 1. The Hall–Kier alpha value is -1.92. The Bertz CT molecular complexity index is 569. The predicted octanol–water partition coefficient (Wildman–Crippen LogP) is 0.872. The fourth-order valence-electron chi connectivity index (χ4n) is 2.56. The minimum Gasteiger partial charge on any atom is -0.379 e. The van der Waals surface area contributed by atoms with Crippen molar-refractivity contribution in [1.29, 1.82) is 0 Å². The van der Waals surface area contributed by atoms with Crippen molar-refractivity contribution >= 4 is 11.8 Å². The van der Waals surface area contributed by atoms with Gasteiger partial charge >= 0.3 is 0 Å². The highest BCUT2D eigenvalue weighted by Gasteiger charge is 2.11. The Morgan fingerprint density at radius 1 is 1.12 bits per heavy atom. The molecule has 2 amide bonds. The molecule has 1 aromatic carbocycles. The fourth-order valence-corrected chi connectivity index (χ4v) is 2.56. The van der Waals surface area contributed by atoms with Crippen LogP contribution in [0.2, 0.25) is 0 Å². The van der Waals surface area contributed by atoms with E-state index in [1.54, 1.807) is 6.07 Å². The van der Waals surface area contributed by atoms with Crippen molar-refractivity contribution in [2.24, 2.45) is 0 Å². The molecule has 1 aromatic rings. The van der Waals surface area contributed by atoms with Crippen molar-refractivity contribution in [2.45, 2.75) is 20.3 Å². The number of ether oxygens (including phenoxy) is 1. The zero-order valence-corrected chi connectivity index (χ0v) is 14.6. The van der Waals surface area contributed by atoms with Crippen molar-refractivity contribution in [2.75, 3.05) is 45.9 Å². The number of nitrogens with zero attached hydrogens (tertiary/aromatic N) is 1. The number of morpholine rings is 1. The van der Waals surface area contributed by atoms with Crippen LogP contribution in [0.4, 0.5) is 0 Å². The second kappa shape index (κ2) is 9.39. The van der Waals surface area contributed by atoms with Gasteiger partial charge in [-0.2, -0.15) is 0 Å². The van der Waals surface area contributed by atoms with Gasteiger partial charge in [0.05, 0.1) is 19.8 Å². The highest BCUT2D eigenvalue weighted by atomic mass is 16.5. The molecular formula is C18H27N3O3. The summed E-state index contributed by atoms with van der Waals surface area (Å²) >= 11 is 0. The van der Waals surface area contributed by atoms with E-state index in [4.69, 9.17) is 4.74 Å². The smallest absolute Gasteiger partial charge is 0.251 e. The van der Waals surface area contributed by atoms with Crippen molar-refractivity contribution < 1.29 is 14.3 Å². The van der Waals surface area contributed by atoms with Crippen LogP contribution >= 0.6 is 0 Å². The molecule has 1 saturated heterocycles. The van der Waals surface area contributed by atoms with Crippen LogP contribution in [-0.2, 0) is 9.53 Å². The van der Waals surface area contributed by atoms with Crippen molar-refractivity contribution in [3.8, 4) is 0 Å². The lowest BCUT2D eigenvalue weighted by Crippen LogP contribution is -2.40. The molecular weight excluding hydrogens is 306 g/mol. The van der Waals surface area contributed by atoms with Crippen LogP contribution in [0.5, 0.6) is 0 Å². The lowest BCUT2D eigenvalue weighted by molar-refractivity contribution is -0.120. The highest BCUT2D eigenvalue weighted by molar-refractivity contribution is 5.96. The maximum absolute atomic E-state index is 12.0. The Kier molecular flexibility index (Phi) is 7.21. The molecule has 6 nitrogen and oxygen atoms in total. The van der Waals surface area contributed by atoms with E-state index in [0.717, 1.165) is 50.4 Å². The second-order valence-corrected chi connectivity index (χ2v) is 6.14. The van der Waals surface area contributed by atoms with E-state index in [0.29, 0.717) is 12.1 Å². The van der Waals surface area contributed by atoms with Crippen molar-refractivity contribution in [3.05, 3.63) is 34.9 Å². The summed E-state index contributed by atoms with van der Waals surface area (Å²) in [7, 11) is 0. The zero-order valence-electron chi connectivity index (χ0n) is 14.6. The third-order valence-electron chi connectivity index (χ3n) is 4.26. The van der Waals surface area contributed by atoms with Crippen LogP contribution in [0.15, 0.2) is 18.2 Å². The maximum atomic E-state index is 12.0. The van der Waals surface area contributed by atoms with E-state index in [1.165, 1.54) is 0 Å². The van der Waals surface area contributed by atoms with Crippen LogP contribution in [0.1, 0.15) is 27.9 Å². The Labute approximate surface area is 143 Å². The Morgan fingerprint density at radius 2 is 1.88 bits per heavy atom. The summed E-state index contributed by atoms with van der Waals surface area (Å²) in [5.74, 6) is -0.379. The van der Waals surface area contributed by atoms with Crippen LogP contribution in [0.3, 0.4) is 0 Å². The minimum atomic E-state index is -0.221. The van der Waals surface area contributed by atoms with Crippen molar-refractivity contribution in [1.82, 2.24) is 15.5 Å². The van der Waals surface area contributed by atoms with Gasteiger partial charge in [-0.15, -0.1) is 0 Å². The second-order valence-electron chi connectivity index (χ2n) is 6.14. The average molecular weight is 333 g/mol. The normalized spacial score (nSPS) is 15.1. The van der Waals surface area contributed by atoms with Crippen LogP contribution < -0.4 is 10.6 Å². The molecule has 24 heavy (non-hydrogen) atoms. The van der Waals surface area contributed by atoms with Crippen LogP contribution in [-0.4, -0.2) is 62.7 Å². The summed E-state index contributed by atoms with van der Waals surface area (Å²) in [6, 6.07) is 5.53. The third-order valence-corrected chi connectivity index (χ3v) is 4.26. The molecule has 1 aliphatic heterocycles. The summed E-state index contributed by atoms with van der Waals surface area (Å²) in [4.78, 5) is 26.2. The molecule has 132 valence electrons. The van der Waals surface area contributed by atoms with E-state index >= 15 is 0 Å². The average Bonchev–Trinajstić information content (AvgIpc) is 2.60. The molecule has 0 atom stereocenters. The highest BCUT2D eigenvalue weighted by Crippen LogP contribution is 2.09. The van der Waals surface area contributed by atoms with Crippen LogP contribution in [0, 0.1) is 13.8 Å². The zero-order chi connectivity index (χ0) is 17.4. The summed E-state index contributed by atoms with van der Waals surface area (Å²) in [6.07, 6.45) is 0.900. The lowest BCUT2D eigenvalue weighted by atomic mass is 10.1. The molecule has 0 aromatic heterocycles. The number of amides is 2. The van der Waals surface area contributed by atoms with E-state index in [9.17, 15) is 9.59 Å². The molecule has 1 fully saturated rings. The van der Waals surface area contributed by atoms with Gasteiger partial charge in [0.25, 0.3) is 5.91 Å². The van der Waals surface area contributed by atoms with E-state index in [-0.39, 0.29) is 18.4 Å². The number of carbonyl (C=O) groups is 2. The quantitative estimate of drug-likeness (QED) is 0.727. The first kappa shape index (κ1) is 18.4. The molecule has 1 aliphatic rings. The Morgan fingerprint density at radius 3 is 2.58 bits per heavy atom. The monoisotopic (exact) mass is 333 g/mol. The van der Waals surface area contributed by atoms with Gasteiger partial charge < -0.3 is 15.4 Å². The van der Waals surface area contributed by atoms with Gasteiger partial charge in [-0.1, -0.05) is 6.07 Å². The first-order chi connectivity index (χ1) is 11.6. The van der Waals surface area contributed by atoms with E-state index < -0.39 is 0 Å². The van der Waals surface area contributed by atoms with E-state index in [1.807, 2.05) is 26.0 Å². The predicted molar refractivity (Wildman–Crippen MR) is 93.1 cm³/mol. The summed E-state index contributed by atoms with van der Waals surface area (Å²) in [6.45, 7) is 9.04. The van der Waals surface area contributed by atoms with Gasteiger partial charge in [-0.05, 0) is 50.1 Å². The van der Waals surface area contributed by atoms with Gasteiger partial charge in [0.1, 0.15) is 0 Å². The molecule has 2 rings (SSSR count). The molecule has 0 aliphatic carbocycles. The van der Waals surface area contributed by atoms with Gasteiger partial charge in [0.15, 0.2) is 0 Å². The number of aryl methyl sites for hydroxylation is 2. The van der Waals surface area contributed by atoms with E-state index in [2.05, 4.69) is 15.5 Å². The van der Waals surface area contributed by atoms with Crippen LogP contribution in [0.25, 0.3) is 0 Å². The van der Waals surface area contributed by atoms with Gasteiger partial charge in [-0.25, -0.2) is 0 Å². The van der Waals surface area contributed by atoms with Gasteiger partial charge in [-0.3, -0.25) is 14.5 Å².